The molecule has 0 bridgehead atoms. The van der Waals surface area contributed by atoms with Crippen LogP contribution in [0.5, 0.6) is 0 Å². The molecule has 3 rings (SSSR count). The Morgan fingerprint density at radius 2 is 2.42 bits per heavy atom. The van der Waals surface area contributed by atoms with Gasteiger partial charge in [0.2, 0.25) is 0 Å². The summed E-state index contributed by atoms with van der Waals surface area (Å²) in [7, 11) is 0. The Bertz CT molecular complexity index is 665. The van der Waals surface area contributed by atoms with Gasteiger partial charge in [-0.15, -0.1) is 0 Å². The third kappa shape index (κ3) is 1.87. The fourth-order valence-corrected chi connectivity index (χ4v) is 2.23. The highest BCUT2D eigenvalue weighted by molar-refractivity contribution is 5.81. The number of hydrogen-bond donors (Lipinski definition) is 4. The first kappa shape index (κ1) is 12.1. The number of imidazole rings is 1. The lowest BCUT2D eigenvalue weighted by Gasteiger charge is -2.13. The van der Waals surface area contributed by atoms with Crippen LogP contribution in [0.3, 0.4) is 0 Å². The van der Waals surface area contributed by atoms with Crippen LogP contribution in [0.25, 0.3) is 11.2 Å². The van der Waals surface area contributed by atoms with Gasteiger partial charge in [0.15, 0.2) is 5.82 Å². The maximum Gasteiger partial charge on any atom is 0.348 e. The van der Waals surface area contributed by atoms with Crippen molar-refractivity contribution in [3.8, 4) is 0 Å². The second-order valence-electron chi connectivity index (χ2n) is 4.39. The number of fused-ring (bicyclic) bond motifs is 1. The van der Waals surface area contributed by atoms with Crippen molar-refractivity contribution in [2.75, 3.05) is 12.3 Å². The van der Waals surface area contributed by atoms with E-state index in [4.69, 9.17) is 15.6 Å². The normalized spacial score (nSPS) is 27.2. The third-order valence-electron chi connectivity index (χ3n) is 3.18. The number of H-pyrrole nitrogens is 1. The number of nitrogens with two attached hydrogens (primary N) is 1. The van der Waals surface area contributed by atoms with Gasteiger partial charge in [0.05, 0.1) is 19.0 Å². The minimum absolute atomic E-state index is 0.0368. The lowest BCUT2D eigenvalue weighted by molar-refractivity contribution is -0.0432. The van der Waals surface area contributed by atoms with E-state index in [9.17, 15) is 9.90 Å². The molecule has 102 valence electrons. The first-order valence-electron chi connectivity index (χ1n) is 5.77. The van der Waals surface area contributed by atoms with E-state index in [0.29, 0.717) is 17.6 Å². The van der Waals surface area contributed by atoms with Crippen molar-refractivity contribution >= 4 is 17.0 Å². The number of aliphatic hydroxyl groups is 2. The van der Waals surface area contributed by atoms with Crippen LogP contribution in [-0.2, 0) is 4.74 Å². The van der Waals surface area contributed by atoms with Crippen LogP contribution in [0.1, 0.15) is 12.6 Å². The number of aliphatic hydroxyl groups excluding tert-OH is 2. The molecule has 0 radical (unpaired) electrons. The maximum absolute atomic E-state index is 11.3. The number of hydrogen-bond acceptors (Lipinski definition) is 7. The van der Waals surface area contributed by atoms with E-state index in [1.807, 2.05) is 0 Å². The van der Waals surface area contributed by atoms with Crippen molar-refractivity contribution in [1.82, 2.24) is 19.5 Å². The van der Waals surface area contributed by atoms with Gasteiger partial charge in [0, 0.05) is 6.42 Å². The Hall–Kier alpha value is -1.97. The molecule has 1 aliphatic heterocycles. The topological polar surface area (TPSA) is 139 Å². The smallest absolute Gasteiger partial charge is 0.348 e. The maximum atomic E-state index is 11.3. The molecule has 0 saturated carbocycles. The van der Waals surface area contributed by atoms with Gasteiger partial charge in [0.25, 0.3) is 0 Å². The fourth-order valence-electron chi connectivity index (χ4n) is 2.23. The summed E-state index contributed by atoms with van der Waals surface area (Å²) in [6, 6.07) is 0. The van der Waals surface area contributed by atoms with Crippen molar-refractivity contribution in [3.05, 3.63) is 16.8 Å². The Balaban J connectivity index is 2.05. The quantitative estimate of drug-likeness (QED) is 0.510. The van der Waals surface area contributed by atoms with Gasteiger partial charge in [-0.3, -0.25) is 9.55 Å². The highest BCUT2D eigenvalue weighted by atomic mass is 16.5. The molecule has 1 unspecified atom stereocenters. The Morgan fingerprint density at radius 3 is 3.11 bits per heavy atom. The third-order valence-corrected chi connectivity index (χ3v) is 3.18. The standard InChI is InChI=1S/C10H13N5O4/c11-8-7-9(14-10(18)13-8)15(3-12-7)6-1-4(17)5(2-16)19-6/h3-6,16-17H,1-2H2,(H3,11,13,14,18)/t4-,5?,6-/m1/s1. The molecule has 0 aromatic carbocycles. The molecule has 0 spiro atoms. The van der Waals surface area contributed by atoms with Gasteiger partial charge in [-0.2, -0.15) is 4.98 Å². The van der Waals surface area contributed by atoms with Gasteiger partial charge >= 0.3 is 5.69 Å². The predicted octanol–water partition coefficient (Wildman–Crippen LogP) is -1.66. The molecule has 3 atom stereocenters. The minimum Gasteiger partial charge on any atom is -0.394 e. The van der Waals surface area contributed by atoms with E-state index in [1.165, 1.54) is 6.33 Å². The van der Waals surface area contributed by atoms with Crippen molar-refractivity contribution in [1.29, 1.82) is 0 Å². The molecule has 1 fully saturated rings. The van der Waals surface area contributed by atoms with Crippen molar-refractivity contribution in [2.24, 2.45) is 0 Å². The number of aromatic amines is 1. The number of rotatable bonds is 2. The highest BCUT2D eigenvalue weighted by Gasteiger charge is 2.35. The number of nitrogen functional groups attached to an aromatic ring is 1. The lowest BCUT2D eigenvalue weighted by atomic mass is 10.2. The Labute approximate surface area is 106 Å². The molecule has 1 aliphatic rings. The predicted molar refractivity (Wildman–Crippen MR) is 64.2 cm³/mol. The van der Waals surface area contributed by atoms with Gasteiger partial charge in [-0.25, -0.2) is 9.78 Å². The van der Waals surface area contributed by atoms with Crippen molar-refractivity contribution < 1.29 is 14.9 Å². The summed E-state index contributed by atoms with van der Waals surface area (Å²) in [5.74, 6) is 0.0368. The van der Waals surface area contributed by atoms with Crippen molar-refractivity contribution in [2.45, 2.75) is 24.9 Å². The zero-order valence-corrected chi connectivity index (χ0v) is 9.85. The molecule has 1 saturated heterocycles. The number of ether oxygens (including phenoxy) is 1. The lowest BCUT2D eigenvalue weighted by Crippen LogP contribution is -2.24. The molecule has 9 nitrogen and oxygen atoms in total. The SMILES string of the molecule is Nc1nc(=O)[nH]c2c1ncn2[C@H]1C[C@@H](O)C(CO)O1. The van der Waals surface area contributed by atoms with Crippen LogP contribution < -0.4 is 11.4 Å². The van der Waals surface area contributed by atoms with Crippen LogP contribution >= 0.6 is 0 Å². The summed E-state index contributed by atoms with van der Waals surface area (Å²) in [6.07, 6.45) is -0.183. The van der Waals surface area contributed by atoms with Crippen LogP contribution in [0.2, 0.25) is 0 Å². The molecule has 9 heteroatoms. The van der Waals surface area contributed by atoms with Gasteiger partial charge < -0.3 is 20.7 Å². The first-order valence-corrected chi connectivity index (χ1v) is 5.77. The van der Waals surface area contributed by atoms with E-state index in [-0.39, 0.29) is 12.4 Å². The average Bonchev–Trinajstić information content (AvgIpc) is 2.92. The van der Waals surface area contributed by atoms with Gasteiger partial charge in [-0.05, 0) is 0 Å². The monoisotopic (exact) mass is 267 g/mol. The van der Waals surface area contributed by atoms with E-state index >= 15 is 0 Å². The van der Waals surface area contributed by atoms with E-state index in [0.717, 1.165) is 0 Å². The molecule has 2 aromatic rings. The molecule has 19 heavy (non-hydrogen) atoms. The van der Waals surface area contributed by atoms with E-state index < -0.39 is 24.1 Å². The number of nitrogens with zero attached hydrogens (tertiary/aromatic N) is 3. The second-order valence-corrected chi connectivity index (χ2v) is 4.39. The van der Waals surface area contributed by atoms with Crippen LogP contribution in [0.4, 0.5) is 5.82 Å². The zero-order chi connectivity index (χ0) is 13.6. The van der Waals surface area contributed by atoms with Crippen LogP contribution in [0, 0.1) is 0 Å². The fraction of sp³-hybridized carbons (Fsp3) is 0.500. The molecule has 3 heterocycles. The summed E-state index contributed by atoms with van der Waals surface area (Å²) < 4.78 is 7.06. The molecular formula is C10H13N5O4. The number of nitrogens with one attached hydrogen (secondary N) is 1. The minimum atomic E-state index is -0.765. The summed E-state index contributed by atoms with van der Waals surface area (Å²) in [5.41, 5.74) is 5.78. The zero-order valence-electron chi connectivity index (χ0n) is 9.85. The van der Waals surface area contributed by atoms with Crippen molar-refractivity contribution in [3.63, 3.8) is 0 Å². The average molecular weight is 267 g/mol. The summed E-state index contributed by atoms with van der Waals surface area (Å²) in [6.45, 7) is -0.273. The summed E-state index contributed by atoms with van der Waals surface area (Å²) in [5, 5.41) is 18.8. The molecule has 2 aromatic heterocycles. The summed E-state index contributed by atoms with van der Waals surface area (Å²) >= 11 is 0. The van der Waals surface area contributed by atoms with Crippen LogP contribution in [-0.4, -0.2) is 48.5 Å². The summed E-state index contributed by atoms with van der Waals surface area (Å²) in [4.78, 5) is 21.5. The van der Waals surface area contributed by atoms with Gasteiger partial charge in [0.1, 0.15) is 23.5 Å². The number of anilines is 1. The molecule has 5 N–H and O–H groups in total. The largest absolute Gasteiger partial charge is 0.394 e. The Morgan fingerprint density at radius 1 is 1.63 bits per heavy atom. The molecular weight excluding hydrogens is 254 g/mol. The first-order chi connectivity index (χ1) is 9.10. The van der Waals surface area contributed by atoms with E-state index in [1.54, 1.807) is 4.57 Å². The number of aromatic nitrogens is 4. The van der Waals surface area contributed by atoms with E-state index in [2.05, 4.69) is 15.0 Å². The van der Waals surface area contributed by atoms with Crippen LogP contribution in [0.15, 0.2) is 11.1 Å². The van der Waals surface area contributed by atoms with Gasteiger partial charge in [-0.1, -0.05) is 0 Å². The highest BCUT2D eigenvalue weighted by Crippen LogP contribution is 2.30. The second kappa shape index (κ2) is 4.30. The molecule has 0 aliphatic carbocycles. The molecule has 0 amide bonds. The Kier molecular flexibility index (Phi) is 2.73.